The highest BCUT2D eigenvalue weighted by Gasteiger charge is 2.19. The lowest BCUT2D eigenvalue weighted by Gasteiger charge is -2.21. The lowest BCUT2D eigenvalue weighted by atomic mass is 10.1. The van der Waals surface area contributed by atoms with Crippen molar-refractivity contribution in [3.63, 3.8) is 0 Å². The zero-order chi connectivity index (χ0) is 13.3. The summed E-state index contributed by atoms with van der Waals surface area (Å²) in [6.07, 6.45) is 0. The molecule has 0 aliphatic heterocycles. The highest BCUT2D eigenvalue weighted by atomic mass is 35.5. The maximum atomic E-state index is 11.7. The number of hydrogen-bond donors (Lipinski definition) is 3. The number of nitrogens with one attached hydrogen (secondary N) is 2. The van der Waals surface area contributed by atoms with Crippen molar-refractivity contribution in [3.05, 3.63) is 23.2 Å². The van der Waals surface area contributed by atoms with Crippen LogP contribution in [0.15, 0.2) is 18.2 Å². The third kappa shape index (κ3) is 4.80. The van der Waals surface area contributed by atoms with Crippen LogP contribution in [0.25, 0.3) is 0 Å². The van der Waals surface area contributed by atoms with Gasteiger partial charge in [-0.15, -0.1) is 0 Å². The first-order valence-corrected chi connectivity index (χ1v) is 6.82. The van der Waals surface area contributed by atoms with Crippen LogP contribution in [0.5, 0.6) is 0 Å². The summed E-state index contributed by atoms with van der Waals surface area (Å²) in [6, 6.07) is 4.54. The Hall–Kier alpha value is -0.980. The number of hydrogen-bond acceptors (Lipinski definition) is 3. The Morgan fingerprint density at radius 1 is 1.29 bits per heavy atom. The van der Waals surface area contributed by atoms with E-state index in [2.05, 4.69) is 9.44 Å². The van der Waals surface area contributed by atoms with Crippen molar-refractivity contribution in [3.8, 4) is 0 Å². The van der Waals surface area contributed by atoms with Crippen molar-refractivity contribution in [1.82, 2.24) is 4.72 Å². The molecule has 0 saturated carbocycles. The Labute approximate surface area is 107 Å². The zero-order valence-electron chi connectivity index (χ0n) is 9.91. The average molecular weight is 278 g/mol. The molecule has 4 N–H and O–H groups in total. The van der Waals surface area contributed by atoms with Gasteiger partial charge < -0.3 is 5.73 Å². The fourth-order valence-electron chi connectivity index (χ4n) is 1.17. The van der Waals surface area contributed by atoms with Gasteiger partial charge in [0, 0.05) is 5.54 Å². The number of rotatable bonds is 3. The third-order valence-corrected chi connectivity index (χ3v) is 3.41. The molecule has 0 aromatic heterocycles. The van der Waals surface area contributed by atoms with Crippen LogP contribution in [0.1, 0.15) is 20.8 Å². The van der Waals surface area contributed by atoms with E-state index in [9.17, 15) is 8.42 Å². The van der Waals surface area contributed by atoms with Gasteiger partial charge in [-0.2, -0.15) is 13.1 Å². The van der Waals surface area contributed by atoms with Crippen molar-refractivity contribution in [1.29, 1.82) is 0 Å². The van der Waals surface area contributed by atoms with Crippen LogP contribution < -0.4 is 15.2 Å². The first-order valence-electron chi connectivity index (χ1n) is 4.96. The summed E-state index contributed by atoms with van der Waals surface area (Å²) in [5.41, 5.74) is 5.74. The van der Waals surface area contributed by atoms with Crippen LogP contribution in [-0.4, -0.2) is 14.0 Å². The van der Waals surface area contributed by atoms with E-state index in [1.54, 1.807) is 26.8 Å². The first-order chi connectivity index (χ1) is 7.59. The van der Waals surface area contributed by atoms with Crippen LogP contribution in [0.4, 0.5) is 11.4 Å². The minimum atomic E-state index is -3.62. The molecule has 0 fully saturated rings. The summed E-state index contributed by atoms with van der Waals surface area (Å²) in [7, 11) is -3.62. The van der Waals surface area contributed by atoms with Gasteiger partial charge >= 0.3 is 0 Å². The van der Waals surface area contributed by atoms with Gasteiger partial charge in [0.2, 0.25) is 0 Å². The topological polar surface area (TPSA) is 84.2 Å². The molecule has 0 heterocycles. The summed E-state index contributed by atoms with van der Waals surface area (Å²) in [4.78, 5) is 0. The highest BCUT2D eigenvalue weighted by Crippen LogP contribution is 2.23. The van der Waals surface area contributed by atoms with E-state index in [1.165, 1.54) is 12.1 Å². The van der Waals surface area contributed by atoms with Gasteiger partial charge in [0.15, 0.2) is 0 Å². The summed E-state index contributed by atoms with van der Waals surface area (Å²) in [5, 5.41) is 0.306. The average Bonchev–Trinajstić information content (AvgIpc) is 2.06. The van der Waals surface area contributed by atoms with E-state index < -0.39 is 15.7 Å². The van der Waals surface area contributed by atoms with Crippen LogP contribution >= 0.6 is 11.6 Å². The predicted octanol–water partition coefficient (Wildman–Crippen LogP) is 1.97. The fourth-order valence-corrected chi connectivity index (χ4v) is 2.65. The Bertz CT molecular complexity index is 509. The van der Waals surface area contributed by atoms with E-state index >= 15 is 0 Å². The van der Waals surface area contributed by atoms with Crippen molar-refractivity contribution < 1.29 is 8.42 Å². The monoisotopic (exact) mass is 277 g/mol. The van der Waals surface area contributed by atoms with E-state index in [0.29, 0.717) is 16.4 Å². The molecule has 0 bridgehead atoms. The molecule has 0 aliphatic rings. The Morgan fingerprint density at radius 3 is 2.35 bits per heavy atom. The van der Waals surface area contributed by atoms with Gasteiger partial charge in [-0.05, 0) is 39.0 Å². The number of anilines is 2. The van der Waals surface area contributed by atoms with E-state index in [1.807, 2.05) is 0 Å². The molecule has 0 saturated heterocycles. The largest absolute Gasteiger partial charge is 0.398 e. The Balaban J connectivity index is 2.87. The molecule has 5 nitrogen and oxygen atoms in total. The quantitative estimate of drug-likeness (QED) is 0.739. The van der Waals surface area contributed by atoms with Crippen molar-refractivity contribution >= 4 is 33.2 Å². The van der Waals surface area contributed by atoms with Crippen molar-refractivity contribution in [2.24, 2.45) is 0 Å². The summed E-state index contributed by atoms with van der Waals surface area (Å²) < 4.78 is 28.3. The minimum Gasteiger partial charge on any atom is -0.398 e. The van der Waals surface area contributed by atoms with Gasteiger partial charge in [-0.25, -0.2) is 0 Å². The highest BCUT2D eigenvalue weighted by molar-refractivity contribution is 7.90. The molecular weight excluding hydrogens is 262 g/mol. The Morgan fingerprint density at radius 2 is 1.88 bits per heavy atom. The van der Waals surface area contributed by atoms with Gasteiger partial charge in [-0.1, -0.05) is 11.6 Å². The van der Waals surface area contributed by atoms with E-state index in [4.69, 9.17) is 17.3 Å². The molecule has 0 spiro atoms. The second-order valence-corrected chi connectivity index (χ2v) is 6.52. The van der Waals surface area contributed by atoms with Gasteiger partial charge in [0.05, 0.1) is 16.4 Å². The van der Waals surface area contributed by atoms with Crippen molar-refractivity contribution in [2.75, 3.05) is 10.5 Å². The first kappa shape index (κ1) is 14.1. The molecule has 0 unspecified atom stereocenters. The van der Waals surface area contributed by atoms with Gasteiger partial charge in [0.25, 0.3) is 10.2 Å². The molecule has 1 aromatic rings. The number of benzene rings is 1. The molecule has 0 atom stereocenters. The predicted molar refractivity (Wildman–Crippen MR) is 71.3 cm³/mol. The molecule has 1 aromatic carbocycles. The molecule has 0 aliphatic carbocycles. The summed E-state index contributed by atoms with van der Waals surface area (Å²) in [5.74, 6) is 0. The number of halogens is 1. The van der Waals surface area contributed by atoms with Crippen molar-refractivity contribution in [2.45, 2.75) is 26.3 Å². The summed E-state index contributed by atoms with van der Waals surface area (Å²) in [6.45, 7) is 5.26. The second kappa shape index (κ2) is 4.72. The Kier molecular flexibility index (Phi) is 3.91. The summed E-state index contributed by atoms with van der Waals surface area (Å²) >= 11 is 5.80. The van der Waals surface area contributed by atoms with Crippen LogP contribution in [0.2, 0.25) is 5.02 Å². The normalized spacial score (nSPS) is 12.5. The molecule has 96 valence electrons. The molecule has 1 rings (SSSR count). The van der Waals surface area contributed by atoms with Gasteiger partial charge in [-0.3, -0.25) is 4.72 Å². The lowest BCUT2D eigenvalue weighted by Crippen LogP contribution is -2.43. The molecule has 0 amide bonds. The lowest BCUT2D eigenvalue weighted by molar-refractivity contribution is 0.494. The second-order valence-electron chi connectivity index (χ2n) is 4.69. The molecular formula is C10H16ClN3O2S. The number of nitrogen functional groups attached to an aromatic ring is 1. The maximum Gasteiger partial charge on any atom is 0.299 e. The number of nitrogens with two attached hydrogens (primary N) is 1. The van der Waals surface area contributed by atoms with Crippen LogP contribution in [-0.2, 0) is 10.2 Å². The standard InChI is InChI=1S/C10H16ClN3O2S/c1-10(2,3)14-17(15,16)13-7-4-5-9(12)8(11)6-7/h4-6,13-14H,12H2,1-3H3. The molecule has 17 heavy (non-hydrogen) atoms. The molecule has 0 radical (unpaired) electrons. The zero-order valence-corrected chi connectivity index (χ0v) is 11.5. The van der Waals surface area contributed by atoms with E-state index in [0.717, 1.165) is 0 Å². The van der Waals surface area contributed by atoms with Crippen LogP contribution in [0.3, 0.4) is 0 Å². The van der Waals surface area contributed by atoms with E-state index in [-0.39, 0.29) is 0 Å². The molecule has 7 heteroatoms. The SMILES string of the molecule is CC(C)(C)NS(=O)(=O)Nc1ccc(N)c(Cl)c1. The fraction of sp³-hybridized carbons (Fsp3) is 0.400. The maximum absolute atomic E-state index is 11.7. The van der Waals surface area contributed by atoms with Crippen LogP contribution in [0, 0.1) is 0 Å². The van der Waals surface area contributed by atoms with Gasteiger partial charge in [0.1, 0.15) is 0 Å². The smallest absolute Gasteiger partial charge is 0.299 e. The minimum absolute atomic E-state index is 0.306. The third-order valence-electron chi connectivity index (χ3n) is 1.69.